The van der Waals surface area contributed by atoms with E-state index in [0.29, 0.717) is 19.4 Å². The maximum absolute atomic E-state index is 12.1. The number of nitrogens with two attached hydrogens (primary N) is 1. The van der Waals surface area contributed by atoms with Gasteiger partial charge in [0.05, 0.1) is 19.2 Å². The Bertz CT molecular complexity index is 351. The molecule has 3 atom stereocenters. The van der Waals surface area contributed by atoms with Crippen molar-refractivity contribution in [2.75, 3.05) is 31.2 Å². The van der Waals surface area contributed by atoms with Gasteiger partial charge in [0.2, 0.25) is 5.91 Å². The predicted molar refractivity (Wildman–Crippen MR) is 85.1 cm³/mol. The number of likely N-dealkylation sites (tertiary alicyclic amines) is 1. The van der Waals surface area contributed by atoms with Gasteiger partial charge in [0.15, 0.2) is 0 Å². The summed E-state index contributed by atoms with van der Waals surface area (Å²) in [6.07, 6.45) is 1.08. The lowest BCUT2D eigenvalue weighted by Gasteiger charge is -2.22. The zero-order chi connectivity index (χ0) is 15.7. The molecule has 4 N–H and O–H groups in total. The highest BCUT2D eigenvalue weighted by Gasteiger charge is 2.39. The third-order valence-corrected chi connectivity index (χ3v) is 6.05. The number of aliphatic hydroxyl groups excluding tert-OH is 1. The largest absolute Gasteiger partial charge is 0.695 e. The molecule has 122 valence electrons. The lowest BCUT2D eigenvalue weighted by atomic mass is 10.2. The van der Waals surface area contributed by atoms with Gasteiger partial charge in [-0.05, 0) is 6.42 Å². The number of rotatable bonds is 10. The van der Waals surface area contributed by atoms with Gasteiger partial charge in [-0.25, -0.2) is 0 Å². The lowest BCUT2D eigenvalue weighted by Crippen LogP contribution is -2.37. The first-order valence-corrected chi connectivity index (χ1v) is 10.4. The van der Waals surface area contributed by atoms with Gasteiger partial charge in [-0.15, -0.1) is 9.42 Å². The highest BCUT2D eigenvalue weighted by molar-refractivity contribution is 8.76. The Balaban J connectivity index is 2.29. The molecule has 0 aromatic carbocycles. The fourth-order valence-corrected chi connectivity index (χ4v) is 4.50. The van der Waals surface area contributed by atoms with Gasteiger partial charge in [0, 0.05) is 35.5 Å². The van der Waals surface area contributed by atoms with Gasteiger partial charge in [-0.3, -0.25) is 4.79 Å². The maximum atomic E-state index is 12.1. The SMILES string of the molecule is NCCSSCCCC(=O)N1C[C@H](O[P+](=O)O)C[C@H]1CO. The van der Waals surface area contributed by atoms with Crippen LogP contribution < -0.4 is 5.73 Å². The normalized spacial score (nSPS) is 22.6. The number of amides is 1. The Labute approximate surface area is 133 Å². The summed E-state index contributed by atoms with van der Waals surface area (Å²) < 4.78 is 15.5. The van der Waals surface area contributed by atoms with Crippen LogP contribution in [0.5, 0.6) is 0 Å². The van der Waals surface area contributed by atoms with Crippen molar-refractivity contribution in [2.45, 2.75) is 31.4 Å². The van der Waals surface area contributed by atoms with Crippen molar-refractivity contribution < 1.29 is 23.9 Å². The summed E-state index contributed by atoms with van der Waals surface area (Å²) in [5.41, 5.74) is 5.38. The van der Waals surface area contributed by atoms with E-state index in [-0.39, 0.29) is 25.1 Å². The minimum Gasteiger partial charge on any atom is -0.394 e. The van der Waals surface area contributed by atoms with Crippen LogP contribution in [0.25, 0.3) is 0 Å². The maximum Gasteiger partial charge on any atom is 0.695 e. The second kappa shape index (κ2) is 10.8. The minimum absolute atomic E-state index is 0.0438. The summed E-state index contributed by atoms with van der Waals surface area (Å²) in [6.45, 7) is 0.757. The van der Waals surface area contributed by atoms with E-state index in [9.17, 15) is 14.5 Å². The van der Waals surface area contributed by atoms with E-state index < -0.39 is 14.4 Å². The second-order valence-electron chi connectivity index (χ2n) is 4.62. The molecule has 0 bridgehead atoms. The molecule has 1 unspecified atom stereocenters. The standard InChI is InChI=1S/C11H21N2O5PS2/c12-3-5-21-20-4-1-2-11(15)13-7-10(18-19(16)17)6-9(13)8-14/h9-10,14H,1-8,12H2/p+1/t9-,10+/m0/s1. The highest BCUT2D eigenvalue weighted by Crippen LogP contribution is 2.28. The Kier molecular flexibility index (Phi) is 9.83. The molecule has 21 heavy (non-hydrogen) atoms. The molecule has 1 aliphatic heterocycles. The molecule has 0 aromatic heterocycles. The lowest BCUT2D eigenvalue weighted by molar-refractivity contribution is -0.133. The van der Waals surface area contributed by atoms with Crippen LogP contribution in [0.3, 0.4) is 0 Å². The van der Waals surface area contributed by atoms with Crippen LogP contribution in [0, 0.1) is 0 Å². The summed E-state index contributed by atoms with van der Waals surface area (Å²) in [5, 5.41) is 9.30. The molecule has 0 aromatic rings. The first-order valence-electron chi connectivity index (χ1n) is 6.76. The third-order valence-electron chi connectivity index (χ3n) is 3.05. The smallest absolute Gasteiger partial charge is 0.394 e. The van der Waals surface area contributed by atoms with E-state index in [4.69, 9.17) is 15.2 Å². The van der Waals surface area contributed by atoms with Crippen LogP contribution in [-0.2, 0) is 13.9 Å². The van der Waals surface area contributed by atoms with Crippen LogP contribution >= 0.6 is 29.8 Å². The van der Waals surface area contributed by atoms with Gasteiger partial charge in [0.1, 0.15) is 6.10 Å². The molecule has 0 radical (unpaired) electrons. The van der Waals surface area contributed by atoms with Crippen LogP contribution in [0.1, 0.15) is 19.3 Å². The quantitative estimate of drug-likeness (QED) is 0.298. The Morgan fingerprint density at radius 1 is 1.43 bits per heavy atom. The van der Waals surface area contributed by atoms with E-state index in [1.165, 1.54) is 0 Å². The molecule has 1 aliphatic rings. The van der Waals surface area contributed by atoms with E-state index in [2.05, 4.69) is 0 Å². The number of aliphatic hydroxyl groups is 1. The molecule has 1 heterocycles. The summed E-state index contributed by atoms with van der Waals surface area (Å²) in [4.78, 5) is 22.4. The number of carbonyl (C=O) groups excluding carboxylic acids is 1. The van der Waals surface area contributed by atoms with Gasteiger partial charge in [-0.1, -0.05) is 21.6 Å². The molecule has 0 spiro atoms. The molecule has 7 nitrogen and oxygen atoms in total. The fraction of sp³-hybridized carbons (Fsp3) is 0.909. The first kappa shape index (κ1) is 19.2. The van der Waals surface area contributed by atoms with Crippen LogP contribution in [-0.4, -0.2) is 64.2 Å². The third kappa shape index (κ3) is 7.27. The van der Waals surface area contributed by atoms with Crippen molar-refractivity contribution in [3.05, 3.63) is 0 Å². The highest BCUT2D eigenvalue weighted by atomic mass is 33.1. The molecule has 10 heteroatoms. The number of nitrogens with zero attached hydrogens (tertiary/aromatic N) is 1. The van der Waals surface area contributed by atoms with Gasteiger partial charge < -0.3 is 15.7 Å². The van der Waals surface area contributed by atoms with Crippen LogP contribution in [0.4, 0.5) is 0 Å². The topological polar surface area (TPSA) is 113 Å². The summed E-state index contributed by atoms with van der Waals surface area (Å²) >= 11 is 0. The summed E-state index contributed by atoms with van der Waals surface area (Å²) in [7, 11) is 0.714. The van der Waals surface area contributed by atoms with Crippen molar-refractivity contribution >= 4 is 35.7 Å². The van der Waals surface area contributed by atoms with Gasteiger partial charge in [-0.2, -0.15) is 0 Å². The molecule has 1 amide bonds. The van der Waals surface area contributed by atoms with E-state index in [0.717, 1.165) is 17.9 Å². The van der Waals surface area contributed by atoms with Crippen molar-refractivity contribution in [3.63, 3.8) is 0 Å². The zero-order valence-electron chi connectivity index (χ0n) is 11.7. The van der Waals surface area contributed by atoms with Crippen molar-refractivity contribution in [3.8, 4) is 0 Å². The molecular weight excluding hydrogens is 335 g/mol. The van der Waals surface area contributed by atoms with Crippen LogP contribution in [0.2, 0.25) is 0 Å². The predicted octanol–water partition coefficient (Wildman–Crippen LogP) is 0.735. The number of carbonyl (C=O) groups is 1. The van der Waals surface area contributed by atoms with Gasteiger partial charge in [0.25, 0.3) is 0 Å². The number of hydrogen-bond acceptors (Lipinski definition) is 7. The monoisotopic (exact) mass is 357 g/mol. The molecular formula is C11H22N2O5PS2+. The second-order valence-corrected chi connectivity index (χ2v) is 8.01. The van der Waals surface area contributed by atoms with Crippen molar-refractivity contribution in [2.24, 2.45) is 5.73 Å². The fourth-order valence-electron chi connectivity index (χ4n) is 2.15. The first-order chi connectivity index (χ1) is 10.1. The van der Waals surface area contributed by atoms with E-state index in [1.807, 2.05) is 0 Å². The summed E-state index contributed by atoms with van der Waals surface area (Å²) in [6, 6.07) is -0.322. The van der Waals surface area contributed by atoms with Gasteiger partial charge >= 0.3 is 8.25 Å². The molecule has 1 saturated heterocycles. The average molecular weight is 357 g/mol. The molecule has 0 saturated carbocycles. The Morgan fingerprint density at radius 2 is 2.14 bits per heavy atom. The molecule has 0 aliphatic carbocycles. The van der Waals surface area contributed by atoms with E-state index >= 15 is 0 Å². The molecule has 1 fully saturated rings. The van der Waals surface area contributed by atoms with Crippen molar-refractivity contribution in [1.82, 2.24) is 4.90 Å². The average Bonchev–Trinajstić information content (AvgIpc) is 2.84. The van der Waals surface area contributed by atoms with Crippen LogP contribution in [0.15, 0.2) is 0 Å². The van der Waals surface area contributed by atoms with E-state index in [1.54, 1.807) is 26.5 Å². The minimum atomic E-state index is -2.68. The summed E-state index contributed by atoms with van der Waals surface area (Å²) in [5.74, 6) is 1.73. The Hall–Kier alpha value is 0.110. The Morgan fingerprint density at radius 3 is 2.76 bits per heavy atom. The number of hydrogen-bond donors (Lipinski definition) is 3. The van der Waals surface area contributed by atoms with Crippen molar-refractivity contribution in [1.29, 1.82) is 0 Å². The molecule has 1 rings (SSSR count). The zero-order valence-corrected chi connectivity index (χ0v) is 14.2.